The van der Waals surface area contributed by atoms with E-state index in [1.807, 2.05) is 0 Å². The molecule has 0 bridgehead atoms. The van der Waals surface area contributed by atoms with Gasteiger partial charge in [-0.1, -0.05) is 46.1 Å². The molecule has 0 aromatic heterocycles. The topological polar surface area (TPSA) is 0 Å². The fraction of sp³-hybridized carbons (Fsp3) is 0.846. The minimum atomic E-state index is 0.904. The summed E-state index contributed by atoms with van der Waals surface area (Å²) in [5, 5.41) is 0. The Morgan fingerprint density at radius 2 is 1.92 bits per heavy atom. The van der Waals surface area contributed by atoms with Crippen LogP contribution in [-0.4, -0.2) is 0 Å². The molecule has 78 valence electrons. The van der Waals surface area contributed by atoms with Crippen LogP contribution >= 0.6 is 0 Å². The van der Waals surface area contributed by atoms with Gasteiger partial charge in [0.2, 0.25) is 0 Å². The van der Waals surface area contributed by atoms with Crippen molar-refractivity contribution >= 4 is 0 Å². The summed E-state index contributed by atoms with van der Waals surface area (Å²) >= 11 is 0. The molecule has 13 heavy (non-hydrogen) atoms. The number of allylic oxidation sites excluding steroid dienone is 1. The van der Waals surface area contributed by atoms with Crippen molar-refractivity contribution in [2.75, 3.05) is 0 Å². The lowest BCUT2D eigenvalue weighted by Gasteiger charge is -2.18. The van der Waals surface area contributed by atoms with Crippen LogP contribution in [0.25, 0.3) is 0 Å². The lowest BCUT2D eigenvalue weighted by molar-refractivity contribution is 0.344. The molecule has 0 nitrogen and oxygen atoms in total. The third-order valence-electron chi connectivity index (χ3n) is 2.91. The van der Waals surface area contributed by atoms with Gasteiger partial charge < -0.3 is 0 Å². The van der Waals surface area contributed by atoms with E-state index in [9.17, 15) is 0 Å². The molecule has 2 unspecified atom stereocenters. The standard InChI is InChI=1S/C13H26/c1-5-8-10-13(9-6-2)11-12(4)7-3/h5,12-13H,1,6-11H2,2-4H3. The Morgan fingerprint density at radius 1 is 1.23 bits per heavy atom. The number of hydrogen-bond acceptors (Lipinski definition) is 0. The molecule has 0 aliphatic heterocycles. The predicted octanol–water partition coefficient (Wildman–Crippen LogP) is 4.81. The summed E-state index contributed by atoms with van der Waals surface area (Å²) < 4.78 is 0. The second-order valence-electron chi connectivity index (χ2n) is 4.27. The largest absolute Gasteiger partial charge is 0.103 e. The highest BCUT2D eigenvalue weighted by molar-refractivity contribution is 4.71. The van der Waals surface area contributed by atoms with Crippen molar-refractivity contribution in [3.05, 3.63) is 12.7 Å². The highest BCUT2D eigenvalue weighted by Crippen LogP contribution is 2.23. The third-order valence-corrected chi connectivity index (χ3v) is 2.91. The maximum atomic E-state index is 3.79. The van der Waals surface area contributed by atoms with E-state index in [4.69, 9.17) is 0 Å². The van der Waals surface area contributed by atoms with Crippen molar-refractivity contribution in [3.8, 4) is 0 Å². The highest BCUT2D eigenvalue weighted by Gasteiger charge is 2.10. The van der Waals surface area contributed by atoms with Crippen LogP contribution in [0.4, 0.5) is 0 Å². The molecule has 0 rings (SSSR count). The summed E-state index contributed by atoms with van der Waals surface area (Å²) in [6, 6.07) is 0. The minimum absolute atomic E-state index is 0.904. The molecule has 0 spiro atoms. The fourth-order valence-corrected chi connectivity index (χ4v) is 1.88. The SMILES string of the molecule is C=CCCC(CCC)CC(C)CC. The average Bonchev–Trinajstić information content (AvgIpc) is 2.14. The highest BCUT2D eigenvalue weighted by atomic mass is 14.2. The third kappa shape index (κ3) is 6.86. The van der Waals surface area contributed by atoms with Gasteiger partial charge in [0.05, 0.1) is 0 Å². The predicted molar refractivity (Wildman–Crippen MR) is 61.9 cm³/mol. The molecule has 0 amide bonds. The smallest absolute Gasteiger partial charge is 0.0351 e. The molecule has 0 aliphatic rings. The van der Waals surface area contributed by atoms with E-state index in [0.29, 0.717) is 0 Å². The summed E-state index contributed by atoms with van der Waals surface area (Å²) in [5.74, 6) is 1.85. The van der Waals surface area contributed by atoms with Crippen LogP contribution in [0.5, 0.6) is 0 Å². The van der Waals surface area contributed by atoms with E-state index in [2.05, 4.69) is 33.4 Å². The van der Waals surface area contributed by atoms with Crippen LogP contribution in [0.3, 0.4) is 0 Å². The van der Waals surface area contributed by atoms with Crippen LogP contribution in [0, 0.1) is 11.8 Å². The summed E-state index contributed by atoms with van der Waals surface area (Å²) in [6.45, 7) is 10.7. The quantitative estimate of drug-likeness (QED) is 0.473. The van der Waals surface area contributed by atoms with Gasteiger partial charge in [-0.25, -0.2) is 0 Å². The molecule has 2 atom stereocenters. The molecule has 0 saturated heterocycles. The first-order chi connectivity index (χ1) is 6.24. The molecule has 0 saturated carbocycles. The lowest BCUT2D eigenvalue weighted by atomic mass is 9.87. The molecule has 0 radical (unpaired) electrons. The summed E-state index contributed by atoms with van der Waals surface area (Å²) in [4.78, 5) is 0. The molecule has 0 aromatic carbocycles. The van der Waals surface area contributed by atoms with E-state index >= 15 is 0 Å². The first-order valence-corrected chi connectivity index (χ1v) is 5.85. The van der Waals surface area contributed by atoms with E-state index < -0.39 is 0 Å². The molecule has 0 heteroatoms. The van der Waals surface area contributed by atoms with Crippen LogP contribution in [0.15, 0.2) is 12.7 Å². The molecular formula is C13H26. The van der Waals surface area contributed by atoms with Gasteiger partial charge in [-0.05, 0) is 31.1 Å². The minimum Gasteiger partial charge on any atom is -0.103 e. The maximum Gasteiger partial charge on any atom is -0.0351 e. The van der Waals surface area contributed by atoms with Gasteiger partial charge in [-0.2, -0.15) is 0 Å². The van der Waals surface area contributed by atoms with Gasteiger partial charge >= 0.3 is 0 Å². The fourth-order valence-electron chi connectivity index (χ4n) is 1.88. The van der Waals surface area contributed by atoms with Gasteiger partial charge in [0.25, 0.3) is 0 Å². The van der Waals surface area contributed by atoms with E-state index in [1.165, 1.54) is 38.5 Å². The maximum absolute atomic E-state index is 3.79. The van der Waals surface area contributed by atoms with Crippen molar-refractivity contribution in [1.82, 2.24) is 0 Å². The molecule has 0 aliphatic carbocycles. The zero-order valence-corrected chi connectivity index (χ0v) is 9.68. The van der Waals surface area contributed by atoms with Crippen molar-refractivity contribution < 1.29 is 0 Å². The van der Waals surface area contributed by atoms with Crippen molar-refractivity contribution in [1.29, 1.82) is 0 Å². The van der Waals surface area contributed by atoms with E-state index in [-0.39, 0.29) is 0 Å². The monoisotopic (exact) mass is 182 g/mol. The van der Waals surface area contributed by atoms with Crippen molar-refractivity contribution in [3.63, 3.8) is 0 Å². The van der Waals surface area contributed by atoms with E-state index in [0.717, 1.165) is 11.8 Å². The molecule has 0 heterocycles. The Balaban J connectivity index is 3.71. The summed E-state index contributed by atoms with van der Waals surface area (Å²) in [7, 11) is 0. The van der Waals surface area contributed by atoms with E-state index in [1.54, 1.807) is 0 Å². The van der Waals surface area contributed by atoms with Crippen molar-refractivity contribution in [2.24, 2.45) is 11.8 Å². The van der Waals surface area contributed by atoms with Crippen LogP contribution in [0.2, 0.25) is 0 Å². The molecule has 0 fully saturated rings. The summed E-state index contributed by atoms with van der Waals surface area (Å²) in [5.41, 5.74) is 0. The molecular weight excluding hydrogens is 156 g/mol. The normalized spacial score (nSPS) is 15.3. The lowest BCUT2D eigenvalue weighted by Crippen LogP contribution is -2.05. The number of rotatable bonds is 8. The Morgan fingerprint density at radius 3 is 2.38 bits per heavy atom. The van der Waals surface area contributed by atoms with Crippen LogP contribution < -0.4 is 0 Å². The zero-order chi connectivity index (χ0) is 10.1. The van der Waals surface area contributed by atoms with Crippen molar-refractivity contribution in [2.45, 2.75) is 59.3 Å². The first-order valence-electron chi connectivity index (χ1n) is 5.85. The van der Waals surface area contributed by atoms with Gasteiger partial charge in [-0.3, -0.25) is 0 Å². The number of hydrogen-bond donors (Lipinski definition) is 0. The van der Waals surface area contributed by atoms with Crippen LogP contribution in [-0.2, 0) is 0 Å². The Bertz CT molecular complexity index is 115. The first kappa shape index (κ1) is 12.7. The zero-order valence-electron chi connectivity index (χ0n) is 9.68. The van der Waals surface area contributed by atoms with Gasteiger partial charge in [-0.15, -0.1) is 6.58 Å². The van der Waals surface area contributed by atoms with Gasteiger partial charge in [0, 0.05) is 0 Å². The van der Waals surface area contributed by atoms with Gasteiger partial charge in [0.1, 0.15) is 0 Å². The Hall–Kier alpha value is -0.260. The second-order valence-corrected chi connectivity index (χ2v) is 4.27. The van der Waals surface area contributed by atoms with Crippen LogP contribution in [0.1, 0.15) is 59.3 Å². The average molecular weight is 182 g/mol. The molecule has 0 N–H and O–H groups in total. The van der Waals surface area contributed by atoms with Gasteiger partial charge in [0.15, 0.2) is 0 Å². The Kier molecular flexibility index (Phi) is 8.18. The summed E-state index contributed by atoms with van der Waals surface area (Å²) in [6.07, 6.45) is 10.1. The Labute approximate surface area is 84.4 Å². The molecule has 0 aromatic rings. The second kappa shape index (κ2) is 8.34.